The lowest BCUT2D eigenvalue weighted by molar-refractivity contribution is 0.0705. The van der Waals surface area contributed by atoms with Crippen LogP contribution in [0.2, 0.25) is 0 Å². The molecule has 0 bridgehead atoms. The molecule has 94 valence electrons. The van der Waals surface area contributed by atoms with Gasteiger partial charge in [0.1, 0.15) is 0 Å². The van der Waals surface area contributed by atoms with Crippen molar-refractivity contribution in [2.75, 3.05) is 14.1 Å². The Morgan fingerprint density at radius 1 is 1.35 bits per heavy atom. The van der Waals surface area contributed by atoms with Gasteiger partial charge in [0.2, 0.25) is 0 Å². The molecule has 0 aromatic heterocycles. The number of carbonyl (C=O) groups is 1. The van der Waals surface area contributed by atoms with Crippen molar-refractivity contribution < 1.29 is 13.6 Å². The van der Waals surface area contributed by atoms with E-state index in [0.29, 0.717) is 6.42 Å². The monoisotopic (exact) mass is 241 g/mol. The van der Waals surface area contributed by atoms with Gasteiger partial charge in [-0.05, 0) is 39.6 Å². The summed E-state index contributed by atoms with van der Waals surface area (Å²) in [6.07, 6.45) is 0.523. The van der Waals surface area contributed by atoms with Gasteiger partial charge in [-0.1, -0.05) is 13.0 Å². The van der Waals surface area contributed by atoms with Crippen molar-refractivity contribution in [3.05, 3.63) is 35.4 Å². The van der Waals surface area contributed by atoms with Crippen LogP contribution in [0.3, 0.4) is 0 Å². The largest absolute Gasteiger partial charge is 0.297 e. The van der Waals surface area contributed by atoms with Gasteiger partial charge in [-0.2, -0.15) is 0 Å². The highest BCUT2D eigenvalue weighted by Gasteiger charge is 2.36. The molecule has 1 aromatic rings. The van der Waals surface area contributed by atoms with Crippen LogP contribution < -0.4 is 0 Å². The SMILES string of the molecule is CCC(C)(C(=O)c1cccc(F)c1F)N(C)C. The summed E-state index contributed by atoms with van der Waals surface area (Å²) in [6, 6.07) is 3.67. The topological polar surface area (TPSA) is 20.3 Å². The van der Waals surface area contributed by atoms with Crippen molar-refractivity contribution in [3.63, 3.8) is 0 Å². The maximum atomic E-state index is 13.6. The number of likely N-dealkylation sites (N-methyl/N-ethyl adjacent to an activating group) is 1. The van der Waals surface area contributed by atoms with Gasteiger partial charge in [-0.3, -0.25) is 9.69 Å². The number of rotatable bonds is 4. The minimum Gasteiger partial charge on any atom is -0.297 e. The molecule has 0 N–H and O–H groups in total. The van der Waals surface area contributed by atoms with Crippen LogP contribution in [0.25, 0.3) is 0 Å². The molecule has 0 aliphatic carbocycles. The van der Waals surface area contributed by atoms with Crippen molar-refractivity contribution in [2.45, 2.75) is 25.8 Å². The zero-order chi connectivity index (χ0) is 13.2. The summed E-state index contributed by atoms with van der Waals surface area (Å²) < 4.78 is 26.7. The van der Waals surface area contributed by atoms with Crippen LogP contribution >= 0.6 is 0 Å². The molecule has 17 heavy (non-hydrogen) atoms. The highest BCUT2D eigenvalue weighted by atomic mass is 19.2. The first-order valence-corrected chi connectivity index (χ1v) is 5.50. The Morgan fingerprint density at radius 2 is 1.94 bits per heavy atom. The second-order valence-corrected chi connectivity index (χ2v) is 4.45. The molecule has 0 fully saturated rings. The molecule has 1 aromatic carbocycles. The van der Waals surface area contributed by atoms with Crippen molar-refractivity contribution in [1.29, 1.82) is 0 Å². The summed E-state index contributed by atoms with van der Waals surface area (Å²) in [5.41, 5.74) is -1.02. The first-order chi connectivity index (χ1) is 7.84. The Morgan fingerprint density at radius 3 is 2.41 bits per heavy atom. The van der Waals surface area contributed by atoms with E-state index < -0.39 is 23.0 Å². The number of nitrogens with zero attached hydrogens (tertiary/aromatic N) is 1. The van der Waals surface area contributed by atoms with E-state index in [4.69, 9.17) is 0 Å². The van der Waals surface area contributed by atoms with E-state index >= 15 is 0 Å². The molecular formula is C13H17F2NO. The maximum Gasteiger partial charge on any atom is 0.185 e. The molecule has 0 heterocycles. The fourth-order valence-electron chi connectivity index (χ4n) is 1.65. The third-order valence-corrected chi connectivity index (χ3v) is 3.36. The fourth-order valence-corrected chi connectivity index (χ4v) is 1.65. The van der Waals surface area contributed by atoms with Gasteiger partial charge in [-0.25, -0.2) is 8.78 Å². The Kier molecular flexibility index (Phi) is 3.98. The second kappa shape index (κ2) is 4.92. The van der Waals surface area contributed by atoms with E-state index in [9.17, 15) is 13.6 Å². The highest BCUT2D eigenvalue weighted by molar-refractivity contribution is 6.03. The molecule has 0 radical (unpaired) electrons. The molecule has 0 amide bonds. The van der Waals surface area contributed by atoms with E-state index in [2.05, 4.69) is 0 Å². The third-order valence-electron chi connectivity index (χ3n) is 3.36. The van der Waals surface area contributed by atoms with E-state index in [1.165, 1.54) is 12.1 Å². The first-order valence-electron chi connectivity index (χ1n) is 5.50. The van der Waals surface area contributed by atoms with E-state index in [0.717, 1.165) is 6.07 Å². The van der Waals surface area contributed by atoms with Gasteiger partial charge in [0.15, 0.2) is 17.4 Å². The molecule has 0 saturated heterocycles. The zero-order valence-electron chi connectivity index (χ0n) is 10.6. The number of halogens is 2. The number of Topliss-reactive ketones (excluding diaryl/α,β-unsaturated/α-hetero) is 1. The van der Waals surface area contributed by atoms with Crippen molar-refractivity contribution in [2.24, 2.45) is 0 Å². The lowest BCUT2D eigenvalue weighted by Gasteiger charge is -2.34. The molecule has 0 aliphatic heterocycles. The van der Waals surface area contributed by atoms with Gasteiger partial charge in [0.05, 0.1) is 11.1 Å². The normalized spacial score (nSPS) is 14.8. The smallest absolute Gasteiger partial charge is 0.185 e. The van der Waals surface area contributed by atoms with Crippen LogP contribution in [0.4, 0.5) is 8.78 Å². The number of carbonyl (C=O) groups excluding carboxylic acids is 1. The standard InChI is InChI=1S/C13H17F2NO/c1-5-13(2,16(3)4)12(17)9-7-6-8-10(14)11(9)15/h6-8H,5H2,1-4H3. The molecule has 1 unspecified atom stereocenters. The lowest BCUT2D eigenvalue weighted by atomic mass is 9.87. The second-order valence-electron chi connectivity index (χ2n) is 4.45. The summed E-state index contributed by atoms with van der Waals surface area (Å²) in [5.74, 6) is -2.46. The fraction of sp³-hybridized carbons (Fsp3) is 0.462. The third kappa shape index (κ3) is 2.36. The zero-order valence-corrected chi connectivity index (χ0v) is 10.6. The van der Waals surface area contributed by atoms with Gasteiger partial charge in [0.25, 0.3) is 0 Å². The molecule has 1 rings (SSSR count). The molecule has 0 aliphatic rings. The molecule has 2 nitrogen and oxygen atoms in total. The minimum absolute atomic E-state index is 0.192. The van der Waals surface area contributed by atoms with Crippen LogP contribution in [0.1, 0.15) is 30.6 Å². The Hall–Kier alpha value is -1.29. The number of hydrogen-bond donors (Lipinski definition) is 0. The average Bonchev–Trinajstić information content (AvgIpc) is 2.30. The molecule has 1 atom stereocenters. The molecule has 0 spiro atoms. The molecule has 0 saturated carbocycles. The van der Waals surface area contributed by atoms with Crippen LogP contribution in [0.15, 0.2) is 18.2 Å². The van der Waals surface area contributed by atoms with Crippen molar-refractivity contribution in [1.82, 2.24) is 4.90 Å². The molecule has 4 heteroatoms. The first kappa shape index (κ1) is 13.8. The summed E-state index contributed by atoms with van der Waals surface area (Å²) in [4.78, 5) is 14.0. The van der Waals surface area contributed by atoms with Crippen LogP contribution in [0.5, 0.6) is 0 Å². The number of hydrogen-bond acceptors (Lipinski definition) is 2. The number of benzene rings is 1. The van der Waals surface area contributed by atoms with E-state index in [1.54, 1.807) is 25.9 Å². The average molecular weight is 241 g/mol. The van der Waals surface area contributed by atoms with Gasteiger partial charge >= 0.3 is 0 Å². The van der Waals surface area contributed by atoms with Crippen molar-refractivity contribution in [3.8, 4) is 0 Å². The Labute approximate surface area is 100 Å². The minimum atomic E-state index is -1.07. The van der Waals surface area contributed by atoms with Gasteiger partial charge in [-0.15, -0.1) is 0 Å². The lowest BCUT2D eigenvalue weighted by Crippen LogP contribution is -2.48. The van der Waals surface area contributed by atoms with E-state index in [1.807, 2.05) is 6.92 Å². The Balaban J connectivity index is 3.25. The highest BCUT2D eigenvalue weighted by Crippen LogP contribution is 2.24. The van der Waals surface area contributed by atoms with Crippen LogP contribution in [0, 0.1) is 11.6 Å². The predicted molar refractivity (Wildman–Crippen MR) is 63.1 cm³/mol. The summed E-state index contributed by atoms with van der Waals surface area (Å²) in [6.45, 7) is 3.56. The number of ketones is 1. The Bertz CT molecular complexity index is 431. The van der Waals surface area contributed by atoms with Gasteiger partial charge < -0.3 is 0 Å². The van der Waals surface area contributed by atoms with Crippen LogP contribution in [-0.2, 0) is 0 Å². The van der Waals surface area contributed by atoms with E-state index in [-0.39, 0.29) is 5.56 Å². The predicted octanol–water partition coefficient (Wildman–Crippen LogP) is 2.88. The van der Waals surface area contributed by atoms with Crippen LogP contribution in [-0.4, -0.2) is 30.3 Å². The van der Waals surface area contributed by atoms with Crippen molar-refractivity contribution >= 4 is 5.78 Å². The summed E-state index contributed by atoms with van der Waals surface area (Å²) in [5, 5.41) is 0. The summed E-state index contributed by atoms with van der Waals surface area (Å²) >= 11 is 0. The quantitative estimate of drug-likeness (QED) is 0.755. The van der Waals surface area contributed by atoms with Gasteiger partial charge in [0, 0.05) is 0 Å². The summed E-state index contributed by atoms with van der Waals surface area (Å²) in [7, 11) is 3.50. The molecular weight excluding hydrogens is 224 g/mol. The maximum absolute atomic E-state index is 13.6.